The van der Waals surface area contributed by atoms with E-state index in [-0.39, 0.29) is 0 Å². The third kappa shape index (κ3) is 3.05. The van der Waals surface area contributed by atoms with Crippen molar-refractivity contribution >= 4 is 11.3 Å². The van der Waals surface area contributed by atoms with Crippen molar-refractivity contribution in [2.24, 2.45) is 5.92 Å². The van der Waals surface area contributed by atoms with Crippen molar-refractivity contribution in [2.45, 2.75) is 25.8 Å². The molecular weight excluding hydrogens is 266 g/mol. The van der Waals surface area contributed by atoms with Crippen LogP contribution in [-0.2, 0) is 12.8 Å². The van der Waals surface area contributed by atoms with Crippen molar-refractivity contribution in [1.82, 2.24) is 5.32 Å². The summed E-state index contributed by atoms with van der Waals surface area (Å²) in [6, 6.07) is 11.1. The first-order chi connectivity index (χ1) is 9.86. The van der Waals surface area contributed by atoms with Gasteiger partial charge in [-0.3, -0.25) is 0 Å². The molecule has 106 valence electrons. The Morgan fingerprint density at radius 1 is 1.35 bits per heavy atom. The normalized spacial score (nSPS) is 19.1. The molecule has 1 aliphatic heterocycles. The Morgan fingerprint density at radius 2 is 2.25 bits per heavy atom. The summed E-state index contributed by atoms with van der Waals surface area (Å²) in [5.74, 6) is 1.61. The van der Waals surface area contributed by atoms with Crippen LogP contribution in [0, 0.1) is 5.92 Å². The predicted molar refractivity (Wildman–Crippen MR) is 84.6 cm³/mol. The Bertz CT molecular complexity index is 538. The summed E-state index contributed by atoms with van der Waals surface area (Å²) < 4.78 is 5.95. The molecule has 0 spiro atoms. The Kier molecular flexibility index (Phi) is 4.38. The number of rotatable bonds is 5. The number of benzene rings is 1. The minimum Gasteiger partial charge on any atom is -0.493 e. The molecule has 2 atom stereocenters. The van der Waals surface area contributed by atoms with Crippen molar-refractivity contribution in [2.75, 3.05) is 13.2 Å². The van der Waals surface area contributed by atoms with Crippen LogP contribution in [0.15, 0.2) is 41.1 Å². The fourth-order valence-corrected chi connectivity index (χ4v) is 3.62. The zero-order chi connectivity index (χ0) is 13.8. The number of ether oxygens (including phenoxy) is 1. The molecule has 3 heteroatoms. The number of hydrogen-bond donors (Lipinski definition) is 1. The topological polar surface area (TPSA) is 21.3 Å². The highest BCUT2D eigenvalue weighted by Crippen LogP contribution is 2.29. The summed E-state index contributed by atoms with van der Waals surface area (Å²) >= 11 is 1.78. The zero-order valence-electron chi connectivity index (χ0n) is 11.8. The molecule has 20 heavy (non-hydrogen) atoms. The number of hydrogen-bond acceptors (Lipinski definition) is 3. The molecule has 3 rings (SSSR count). The van der Waals surface area contributed by atoms with Gasteiger partial charge in [0.25, 0.3) is 0 Å². The summed E-state index contributed by atoms with van der Waals surface area (Å²) in [4.78, 5) is 0. The molecule has 0 fully saturated rings. The third-order valence-corrected chi connectivity index (χ3v) is 4.71. The molecular formula is C17H21NOS. The highest BCUT2D eigenvalue weighted by molar-refractivity contribution is 7.07. The fraction of sp³-hybridized carbons (Fsp3) is 0.412. The van der Waals surface area contributed by atoms with E-state index in [4.69, 9.17) is 4.74 Å². The molecule has 0 bridgehead atoms. The molecule has 0 saturated heterocycles. The minimum atomic E-state index is 0.489. The van der Waals surface area contributed by atoms with Gasteiger partial charge in [-0.1, -0.05) is 25.1 Å². The second kappa shape index (κ2) is 6.42. The molecule has 2 aromatic rings. The summed E-state index contributed by atoms with van der Waals surface area (Å²) in [5.41, 5.74) is 2.77. The number of fused-ring (bicyclic) bond motifs is 1. The van der Waals surface area contributed by atoms with E-state index in [1.165, 1.54) is 11.1 Å². The van der Waals surface area contributed by atoms with Gasteiger partial charge in [0.05, 0.1) is 6.61 Å². The molecule has 1 aliphatic rings. The van der Waals surface area contributed by atoms with E-state index in [1.807, 2.05) is 6.07 Å². The SMILES string of the molecule is CCNC(Cc1ccsc1)C1COc2ccccc2C1. The molecule has 1 aromatic carbocycles. The first-order valence-corrected chi connectivity index (χ1v) is 8.26. The average molecular weight is 287 g/mol. The molecule has 0 radical (unpaired) electrons. The van der Waals surface area contributed by atoms with Crippen molar-refractivity contribution in [3.8, 4) is 5.75 Å². The quantitative estimate of drug-likeness (QED) is 0.908. The Balaban J connectivity index is 1.72. The standard InChI is InChI=1S/C17H21NOS/c1-2-18-16(9-13-7-8-20-12-13)15-10-14-5-3-4-6-17(14)19-11-15/h3-8,12,15-16,18H,2,9-11H2,1H3. The van der Waals surface area contributed by atoms with Crippen molar-refractivity contribution < 1.29 is 4.74 Å². The van der Waals surface area contributed by atoms with Gasteiger partial charge in [-0.25, -0.2) is 0 Å². The zero-order valence-corrected chi connectivity index (χ0v) is 12.7. The Morgan fingerprint density at radius 3 is 3.05 bits per heavy atom. The van der Waals surface area contributed by atoms with E-state index in [9.17, 15) is 0 Å². The van der Waals surface area contributed by atoms with Gasteiger partial charge in [0.2, 0.25) is 0 Å². The molecule has 2 unspecified atom stereocenters. The second-order valence-corrected chi connectivity index (χ2v) is 6.16. The van der Waals surface area contributed by atoms with Gasteiger partial charge in [0, 0.05) is 12.0 Å². The molecule has 0 saturated carbocycles. The van der Waals surface area contributed by atoms with Crippen LogP contribution in [0.5, 0.6) is 5.75 Å². The summed E-state index contributed by atoms with van der Waals surface area (Å²) in [5, 5.41) is 8.06. The van der Waals surface area contributed by atoms with Crippen LogP contribution in [0.3, 0.4) is 0 Å². The van der Waals surface area contributed by atoms with Crippen molar-refractivity contribution in [1.29, 1.82) is 0 Å². The van der Waals surface area contributed by atoms with E-state index in [1.54, 1.807) is 11.3 Å². The van der Waals surface area contributed by atoms with E-state index in [0.717, 1.165) is 31.7 Å². The first kappa shape index (κ1) is 13.7. The van der Waals surface area contributed by atoms with Crippen LogP contribution in [0.25, 0.3) is 0 Å². The van der Waals surface area contributed by atoms with E-state index >= 15 is 0 Å². The summed E-state index contributed by atoms with van der Waals surface area (Å²) in [6.07, 6.45) is 2.20. The molecule has 1 aromatic heterocycles. The minimum absolute atomic E-state index is 0.489. The van der Waals surface area contributed by atoms with Crippen LogP contribution >= 0.6 is 11.3 Å². The van der Waals surface area contributed by atoms with E-state index in [2.05, 4.69) is 47.3 Å². The number of likely N-dealkylation sites (N-methyl/N-ethyl adjacent to an activating group) is 1. The lowest BCUT2D eigenvalue weighted by Gasteiger charge is -2.32. The van der Waals surface area contributed by atoms with Crippen LogP contribution < -0.4 is 10.1 Å². The van der Waals surface area contributed by atoms with Crippen molar-refractivity contribution in [3.05, 3.63) is 52.2 Å². The number of thiophene rings is 1. The van der Waals surface area contributed by atoms with Gasteiger partial charge in [-0.15, -0.1) is 0 Å². The maximum absolute atomic E-state index is 5.95. The average Bonchev–Trinajstić information content (AvgIpc) is 2.99. The molecule has 1 N–H and O–H groups in total. The maximum atomic E-state index is 5.95. The smallest absolute Gasteiger partial charge is 0.122 e. The van der Waals surface area contributed by atoms with Gasteiger partial charge in [-0.2, -0.15) is 11.3 Å². The van der Waals surface area contributed by atoms with Crippen molar-refractivity contribution in [3.63, 3.8) is 0 Å². The lowest BCUT2D eigenvalue weighted by atomic mass is 9.87. The van der Waals surface area contributed by atoms with Gasteiger partial charge in [0.15, 0.2) is 0 Å². The van der Waals surface area contributed by atoms with Gasteiger partial charge >= 0.3 is 0 Å². The van der Waals surface area contributed by atoms with Crippen LogP contribution in [-0.4, -0.2) is 19.2 Å². The Hall–Kier alpha value is -1.32. The second-order valence-electron chi connectivity index (χ2n) is 5.38. The van der Waals surface area contributed by atoms with Gasteiger partial charge in [0.1, 0.15) is 5.75 Å². The molecule has 0 aliphatic carbocycles. The molecule has 2 heterocycles. The summed E-state index contributed by atoms with van der Waals surface area (Å²) in [7, 11) is 0. The van der Waals surface area contributed by atoms with Gasteiger partial charge in [-0.05, 0) is 53.4 Å². The lowest BCUT2D eigenvalue weighted by molar-refractivity contribution is 0.184. The van der Waals surface area contributed by atoms with Crippen LogP contribution in [0.2, 0.25) is 0 Å². The monoisotopic (exact) mass is 287 g/mol. The molecule has 2 nitrogen and oxygen atoms in total. The highest BCUT2D eigenvalue weighted by atomic mass is 32.1. The maximum Gasteiger partial charge on any atom is 0.122 e. The van der Waals surface area contributed by atoms with Crippen LogP contribution in [0.1, 0.15) is 18.1 Å². The van der Waals surface area contributed by atoms with Crippen LogP contribution in [0.4, 0.5) is 0 Å². The lowest BCUT2D eigenvalue weighted by Crippen LogP contribution is -2.43. The predicted octanol–water partition coefficient (Wildman–Crippen LogP) is 3.52. The van der Waals surface area contributed by atoms with E-state index < -0.39 is 0 Å². The van der Waals surface area contributed by atoms with E-state index in [0.29, 0.717) is 12.0 Å². The molecule has 0 amide bonds. The fourth-order valence-electron chi connectivity index (χ4n) is 2.94. The number of para-hydroxylation sites is 1. The highest BCUT2D eigenvalue weighted by Gasteiger charge is 2.27. The largest absolute Gasteiger partial charge is 0.493 e. The first-order valence-electron chi connectivity index (χ1n) is 7.32. The third-order valence-electron chi connectivity index (χ3n) is 3.98. The Labute approximate surface area is 124 Å². The summed E-state index contributed by atoms with van der Waals surface area (Å²) in [6.45, 7) is 4.00. The number of nitrogens with one attached hydrogen (secondary N) is 1. The van der Waals surface area contributed by atoms with Gasteiger partial charge < -0.3 is 10.1 Å².